The highest BCUT2D eigenvalue weighted by atomic mass is 19.2. The quantitative estimate of drug-likeness (QED) is 0.621. The van der Waals surface area contributed by atoms with E-state index in [1.807, 2.05) is 68.1 Å². The summed E-state index contributed by atoms with van der Waals surface area (Å²) in [5.41, 5.74) is 4.38. The van der Waals surface area contributed by atoms with Crippen molar-refractivity contribution in [1.29, 1.82) is 0 Å². The van der Waals surface area contributed by atoms with Crippen LogP contribution in [0.1, 0.15) is 18.1 Å². The topological polar surface area (TPSA) is 32.3 Å². The SMILES string of the molecule is Cc1ccccc1-c1ncc(C)c(N2c3ccccc3N(F)C2C)n1. The molecule has 0 aliphatic carbocycles. The summed E-state index contributed by atoms with van der Waals surface area (Å²) in [5.74, 6) is 1.38. The smallest absolute Gasteiger partial charge is 0.161 e. The third-order valence-electron chi connectivity index (χ3n) is 4.63. The minimum atomic E-state index is -0.462. The molecule has 3 aromatic rings. The fourth-order valence-corrected chi connectivity index (χ4v) is 3.27. The van der Waals surface area contributed by atoms with Gasteiger partial charge in [-0.25, -0.2) is 9.97 Å². The number of fused-ring (bicyclic) bond motifs is 1. The van der Waals surface area contributed by atoms with Gasteiger partial charge in [-0.1, -0.05) is 40.9 Å². The van der Waals surface area contributed by atoms with Crippen LogP contribution >= 0.6 is 0 Å². The van der Waals surface area contributed by atoms with E-state index >= 15 is 0 Å². The molecule has 1 aromatic heterocycles. The predicted octanol–water partition coefficient (Wildman–Crippen LogP) is 4.95. The highest BCUT2D eigenvalue weighted by Crippen LogP contribution is 2.44. The van der Waals surface area contributed by atoms with E-state index < -0.39 is 6.17 Å². The number of hydrogen-bond acceptors (Lipinski definition) is 4. The van der Waals surface area contributed by atoms with Crippen molar-refractivity contribution in [3.63, 3.8) is 0 Å². The standard InChI is InChI=1S/C20H19FN4/c1-13-8-4-5-9-16(13)19-22-12-14(2)20(23-19)24-15(3)25(21)18-11-7-6-10-17(18)24/h4-12,15H,1-3H3. The van der Waals surface area contributed by atoms with Crippen molar-refractivity contribution < 1.29 is 4.48 Å². The Labute approximate surface area is 146 Å². The van der Waals surface area contributed by atoms with Gasteiger partial charge in [0.2, 0.25) is 0 Å². The van der Waals surface area contributed by atoms with E-state index in [4.69, 9.17) is 4.98 Å². The van der Waals surface area contributed by atoms with E-state index in [9.17, 15) is 4.48 Å². The zero-order chi connectivity index (χ0) is 17.6. The second kappa shape index (κ2) is 5.84. The molecule has 5 heteroatoms. The van der Waals surface area contributed by atoms with Crippen molar-refractivity contribution in [3.05, 3.63) is 65.9 Å². The Morgan fingerprint density at radius 3 is 2.36 bits per heavy atom. The fraction of sp³-hybridized carbons (Fsp3) is 0.200. The van der Waals surface area contributed by atoms with Gasteiger partial charge in [0.1, 0.15) is 12.0 Å². The van der Waals surface area contributed by atoms with Crippen molar-refractivity contribution in [2.45, 2.75) is 26.9 Å². The van der Waals surface area contributed by atoms with Crippen LogP contribution in [0, 0.1) is 13.8 Å². The molecule has 0 saturated heterocycles. The predicted molar refractivity (Wildman–Crippen MR) is 98.6 cm³/mol. The minimum Gasteiger partial charge on any atom is -0.300 e. The van der Waals surface area contributed by atoms with Crippen LogP contribution in [0.3, 0.4) is 0 Å². The van der Waals surface area contributed by atoms with Gasteiger partial charge in [-0.15, -0.1) is 0 Å². The van der Waals surface area contributed by atoms with Crippen molar-refractivity contribution in [3.8, 4) is 11.4 Å². The van der Waals surface area contributed by atoms with Crippen LogP contribution in [-0.2, 0) is 0 Å². The summed E-state index contributed by atoms with van der Waals surface area (Å²) in [6, 6.07) is 15.5. The highest BCUT2D eigenvalue weighted by molar-refractivity contribution is 5.82. The Balaban J connectivity index is 1.87. The largest absolute Gasteiger partial charge is 0.300 e. The summed E-state index contributed by atoms with van der Waals surface area (Å²) >= 11 is 0. The molecule has 1 aliphatic rings. The summed E-state index contributed by atoms with van der Waals surface area (Å²) in [5, 5.41) is 0.782. The summed E-state index contributed by atoms with van der Waals surface area (Å²) < 4.78 is 14.6. The Hall–Kier alpha value is -2.95. The van der Waals surface area contributed by atoms with Crippen LogP contribution in [0.15, 0.2) is 54.7 Å². The van der Waals surface area contributed by atoms with Crippen LogP contribution in [0.4, 0.5) is 21.7 Å². The first kappa shape index (κ1) is 15.6. The van der Waals surface area contributed by atoms with E-state index in [0.29, 0.717) is 11.5 Å². The van der Waals surface area contributed by atoms with Gasteiger partial charge in [0.25, 0.3) is 0 Å². The molecule has 1 atom stereocenters. The van der Waals surface area contributed by atoms with Crippen LogP contribution in [0.5, 0.6) is 0 Å². The first-order valence-electron chi connectivity index (χ1n) is 8.31. The van der Waals surface area contributed by atoms with E-state index in [1.165, 1.54) is 0 Å². The number of para-hydroxylation sites is 2. The lowest BCUT2D eigenvalue weighted by Crippen LogP contribution is -2.34. The average molecular weight is 334 g/mol. The van der Waals surface area contributed by atoms with Gasteiger partial charge in [-0.3, -0.25) is 0 Å². The molecule has 0 N–H and O–H groups in total. The first-order chi connectivity index (χ1) is 12.1. The summed E-state index contributed by atoms with van der Waals surface area (Å²) in [7, 11) is 0. The molecule has 4 nitrogen and oxygen atoms in total. The maximum Gasteiger partial charge on any atom is 0.161 e. The first-order valence-corrected chi connectivity index (χ1v) is 8.31. The van der Waals surface area contributed by atoms with Crippen LogP contribution in [0.25, 0.3) is 11.4 Å². The Kier molecular flexibility index (Phi) is 3.64. The molecule has 0 radical (unpaired) electrons. The Bertz CT molecular complexity index is 940. The number of anilines is 3. The van der Waals surface area contributed by atoms with Gasteiger partial charge >= 0.3 is 0 Å². The molecule has 1 unspecified atom stereocenters. The van der Waals surface area contributed by atoms with Crippen molar-refractivity contribution in [2.24, 2.45) is 0 Å². The summed E-state index contributed by atoms with van der Waals surface area (Å²) in [4.78, 5) is 11.2. The minimum absolute atomic E-state index is 0.462. The molecular formula is C20H19FN4. The molecular weight excluding hydrogens is 315 g/mol. The molecule has 0 fully saturated rings. The van der Waals surface area contributed by atoms with E-state index in [1.54, 1.807) is 12.3 Å². The van der Waals surface area contributed by atoms with Gasteiger partial charge in [0, 0.05) is 17.3 Å². The molecule has 0 spiro atoms. The van der Waals surface area contributed by atoms with Gasteiger partial charge in [0.15, 0.2) is 5.82 Å². The number of rotatable bonds is 2. The number of hydrogen-bond donors (Lipinski definition) is 0. The van der Waals surface area contributed by atoms with Gasteiger partial charge in [-0.05, 0) is 38.5 Å². The monoisotopic (exact) mass is 334 g/mol. The average Bonchev–Trinajstić information content (AvgIpc) is 2.88. The fourth-order valence-electron chi connectivity index (χ4n) is 3.27. The second-order valence-electron chi connectivity index (χ2n) is 6.32. The third-order valence-corrected chi connectivity index (χ3v) is 4.63. The van der Waals surface area contributed by atoms with Crippen LogP contribution in [0.2, 0.25) is 0 Å². The van der Waals surface area contributed by atoms with Gasteiger partial charge in [-0.2, -0.15) is 5.12 Å². The molecule has 25 heavy (non-hydrogen) atoms. The zero-order valence-electron chi connectivity index (χ0n) is 14.4. The number of benzene rings is 2. The molecule has 0 amide bonds. The van der Waals surface area contributed by atoms with E-state index in [2.05, 4.69) is 4.98 Å². The lowest BCUT2D eigenvalue weighted by atomic mass is 10.1. The maximum atomic E-state index is 14.6. The van der Waals surface area contributed by atoms with Crippen molar-refractivity contribution in [1.82, 2.24) is 9.97 Å². The third kappa shape index (κ3) is 2.43. The van der Waals surface area contributed by atoms with Gasteiger partial charge < -0.3 is 4.90 Å². The second-order valence-corrected chi connectivity index (χ2v) is 6.32. The molecule has 0 saturated carbocycles. The van der Waals surface area contributed by atoms with Crippen LogP contribution < -0.4 is 10.0 Å². The van der Waals surface area contributed by atoms with E-state index in [-0.39, 0.29) is 0 Å². The van der Waals surface area contributed by atoms with Gasteiger partial charge in [0.05, 0.1) is 11.4 Å². The lowest BCUT2D eigenvalue weighted by molar-refractivity contribution is 0.396. The lowest BCUT2D eigenvalue weighted by Gasteiger charge is -2.25. The van der Waals surface area contributed by atoms with Crippen LogP contribution in [-0.4, -0.2) is 16.1 Å². The number of nitrogens with zero attached hydrogens (tertiary/aromatic N) is 4. The van der Waals surface area contributed by atoms with Crippen molar-refractivity contribution >= 4 is 17.2 Å². The summed E-state index contributed by atoms with van der Waals surface area (Å²) in [6.45, 7) is 5.82. The highest BCUT2D eigenvalue weighted by Gasteiger charge is 2.35. The van der Waals surface area contributed by atoms with E-state index in [0.717, 1.165) is 33.3 Å². The molecule has 4 rings (SSSR count). The number of aryl methyl sites for hydroxylation is 2. The zero-order valence-corrected chi connectivity index (χ0v) is 14.4. The number of halogens is 1. The molecule has 2 heterocycles. The molecule has 2 aromatic carbocycles. The maximum absolute atomic E-state index is 14.6. The van der Waals surface area contributed by atoms with Crippen molar-refractivity contribution in [2.75, 3.05) is 10.0 Å². The molecule has 0 bridgehead atoms. The summed E-state index contributed by atoms with van der Waals surface area (Å²) in [6.07, 6.45) is 1.34. The molecule has 126 valence electrons. The Morgan fingerprint density at radius 1 is 0.920 bits per heavy atom. The normalized spacial score (nSPS) is 16.2. The molecule has 1 aliphatic heterocycles. The Morgan fingerprint density at radius 2 is 1.60 bits per heavy atom. The number of aromatic nitrogens is 2.